The number of carbonyl (C=O) groups is 1. The Morgan fingerprint density at radius 2 is 1.75 bits per heavy atom. The molecule has 3 heteroatoms. The summed E-state index contributed by atoms with van der Waals surface area (Å²) in [7, 11) is 0. The van der Waals surface area contributed by atoms with Crippen molar-refractivity contribution in [3.05, 3.63) is 50.7 Å². The molecule has 2 nitrogen and oxygen atoms in total. The molecule has 2 aromatic rings. The second-order valence-corrected chi connectivity index (χ2v) is 6.73. The number of fused-ring (bicyclic) bond motifs is 1. The maximum Gasteiger partial charge on any atom is 0.265 e. The van der Waals surface area contributed by atoms with Crippen LogP contribution in [0, 0.1) is 13.8 Å². The summed E-state index contributed by atoms with van der Waals surface area (Å²) in [6, 6.07) is 8.22. The van der Waals surface area contributed by atoms with Gasteiger partial charge in [-0.15, -0.1) is 11.3 Å². The number of thiophene rings is 1. The standard InChI is InChI=1S/C17H19NOS/c1-11-7-12(2)9-14(8-11)18-17(19)16-10-13-5-3-4-6-15(13)20-16/h7-10H,3-6H2,1-2H3,(H,18,19). The van der Waals surface area contributed by atoms with Gasteiger partial charge in [-0.3, -0.25) is 4.79 Å². The first kappa shape index (κ1) is 13.4. The molecule has 1 N–H and O–H groups in total. The van der Waals surface area contributed by atoms with E-state index in [1.165, 1.54) is 34.4 Å². The van der Waals surface area contributed by atoms with E-state index in [4.69, 9.17) is 0 Å². The lowest BCUT2D eigenvalue weighted by Crippen LogP contribution is -2.10. The van der Waals surface area contributed by atoms with Crippen LogP contribution >= 0.6 is 11.3 Å². The smallest absolute Gasteiger partial charge is 0.265 e. The second kappa shape index (κ2) is 5.41. The Hall–Kier alpha value is -1.61. The van der Waals surface area contributed by atoms with Gasteiger partial charge >= 0.3 is 0 Å². The van der Waals surface area contributed by atoms with Crippen molar-refractivity contribution < 1.29 is 4.79 Å². The fourth-order valence-electron chi connectivity index (χ4n) is 2.84. The third-order valence-corrected chi connectivity index (χ3v) is 4.94. The monoisotopic (exact) mass is 285 g/mol. The van der Waals surface area contributed by atoms with Crippen LogP contribution in [0.1, 0.15) is 44.1 Å². The minimum absolute atomic E-state index is 0.0226. The van der Waals surface area contributed by atoms with Crippen molar-refractivity contribution in [3.63, 3.8) is 0 Å². The largest absolute Gasteiger partial charge is 0.321 e. The van der Waals surface area contributed by atoms with E-state index in [1.54, 1.807) is 11.3 Å². The highest BCUT2D eigenvalue weighted by molar-refractivity contribution is 7.14. The van der Waals surface area contributed by atoms with Gasteiger partial charge in [-0.2, -0.15) is 0 Å². The molecule has 0 radical (unpaired) electrons. The van der Waals surface area contributed by atoms with E-state index in [2.05, 4.69) is 17.4 Å². The Bertz CT molecular complexity index is 613. The summed E-state index contributed by atoms with van der Waals surface area (Å²) in [5.41, 5.74) is 4.61. The average molecular weight is 285 g/mol. The van der Waals surface area contributed by atoms with Crippen LogP contribution in [0.25, 0.3) is 0 Å². The first-order valence-electron chi connectivity index (χ1n) is 7.13. The van der Waals surface area contributed by atoms with Crippen molar-refractivity contribution in [2.24, 2.45) is 0 Å². The van der Waals surface area contributed by atoms with Crippen LogP contribution in [-0.2, 0) is 12.8 Å². The topological polar surface area (TPSA) is 29.1 Å². The number of amides is 1. The number of aryl methyl sites for hydroxylation is 4. The first-order chi connectivity index (χ1) is 9.61. The van der Waals surface area contributed by atoms with E-state index >= 15 is 0 Å². The lowest BCUT2D eigenvalue weighted by atomic mass is 9.99. The zero-order valence-corrected chi connectivity index (χ0v) is 12.8. The fourth-order valence-corrected chi connectivity index (χ4v) is 3.99. The normalized spacial score (nSPS) is 13.9. The van der Waals surface area contributed by atoms with E-state index in [1.807, 2.05) is 26.0 Å². The van der Waals surface area contributed by atoms with Gasteiger partial charge in [0.2, 0.25) is 0 Å². The molecule has 1 aliphatic rings. The maximum absolute atomic E-state index is 12.4. The van der Waals surface area contributed by atoms with Crippen molar-refractivity contribution in [1.82, 2.24) is 0 Å². The average Bonchev–Trinajstić information content (AvgIpc) is 2.81. The third kappa shape index (κ3) is 2.78. The zero-order chi connectivity index (χ0) is 14.1. The van der Waals surface area contributed by atoms with Gasteiger partial charge in [0.15, 0.2) is 0 Å². The molecule has 1 aromatic heterocycles. The highest BCUT2D eigenvalue weighted by atomic mass is 32.1. The number of nitrogens with one attached hydrogen (secondary N) is 1. The van der Waals surface area contributed by atoms with Gasteiger partial charge in [0.05, 0.1) is 4.88 Å². The zero-order valence-electron chi connectivity index (χ0n) is 12.0. The van der Waals surface area contributed by atoms with Crippen molar-refractivity contribution in [2.75, 3.05) is 5.32 Å². The van der Waals surface area contributed by atoms with Gasteiger partial charge in [-0.05, 0) is 74.4 Å². The van der Waals surface area contributed by atoms with Crippen LogP contribution < -0.4 is 5.32 Å². The molecule has 0 bridgehead atoms. The number of hydrogen-bond donors (Lipinski definition) is 1. The minimum Gasteiger partial charge on any atom is -0.321 e. The second-order valence-electron chi connectivity index (χ2n) is 5.60. The molecule has 0 saturated heterocycles. The van der Waals surface area contributed by atoms with Crippen LogP contribution in [0.3, 0.4) is 0 Å². The maximum atomic E-state index is 12.4. The number of benzene rings is 1. The summed E-state index contributed by atoms with van der Waals surface area (Å²) in [6.07, 6.45) is 4.77. The molecule has 1 amide bonds. The Labute approximate surface area is 123 Å². The SMILES string of the molecule is Cc1cc(C)cc(NC(=O)c2cc3c(s2)CCCC3)c1. The van der Waals surface area contributed by atoms with E-state index in [-0.39, 0.29) is 5.91 Å². The third-order valence-electron chi connectivity index (χ3n) is 3.70. The lowest BCUT2D eigenvalue weighted by molar-refractivity contribution is 0.103. The number of hydrogen-bond acceptors (Lipinski definition) is 2. The lowest BCUT2D eigenvalue weighted by Gasteiger charge is -2.08. The fraction of sp³-hybridized carbons (Fsp3) is 0.353. The number of anilines is 1. The van der Waals surface area contributed by atoms with Crippen molar-refractivity contribution >= 4 is 22.9 Å². The minimum atomic E-state index is 0.0226. The van der Waals surface area contributed by atoms with Gasteiger partial charge in [-0.25, -0.2) is 0 Å². The molecular formula is C17H19NOS. The summed E-state index contributed by atoms with van der Waals surface area (Å²) >= 11 is 1.66. The van der Waals surface area contributed by atoms with Crippen LogP contribution in [0.2, 0.25) is 0 Å². The predicted octanol–water partition coefficient (Wildman–Crippen LogP) is 4.50. The Morgan fingerprint density at radius 3 is 2.45 bits per heavy atom. The Kier molecular flexibility index (Phi) is 3.62. The molecule has 0 aliphatic heterocycles. The molecule has 1 aliphatic carbocycles. The molecule has 1 aromatic carbocycles. The van der Waals surface area contributed by atoms with Crippen molar-refractivity contribution in [3.8, 4) is 0 Å². The molecule has 0 saturated carbocycles. The molecule has 1 heterocycles. The molecule has 3 rings (SSSR count). The summed E-state index contributed by atoms with van der Waals surface area (Å²) < 4.78 is 0. The van der Waals surface area contributed by atoms with E-state index in [0.29, 0.717) is 0 Å². The van der Waals surface area contributed by atoms with E-state index in [0.717, 1.165) is 23.4 Å². The highest BCUT2D eigenvalue weighted by Gasteiger charge is 2.17. The van der Waals surface area contributed by atoms with E-state index < -0.39 is 0 Å². The number of carbonyl (C=O) groups excluding carboxylic acids is 1. The molecule has 104 valence electrons. The molecule has 0 spiro atoms. The van der Waals surface area contributed by atoms with Crippen LogP contribution in [-0.4, -0.2) is 5.91 Å². The molecule has 20 heavy (non-hydrogen) atoms. The summed E-state index contributed by atoms with van der Waals surface area (Å²) in [6.45, 7) is 4.10. The number of rotatable bonds is 2. The van der Waals surface area contributed by atoms with Crippen LogP contribution in [0.15, 0.2) is 24.3 Å². The summed E-state index contributed by atoms with van der Waals surface area (Å²) in [4.78, 5) is 14.6. The van der Waals surface area contributed by atoms with Crippen LogP contribution in [0.5, 0.6) is 0 Å². The van der Waals surface area contributed by atoms with Crippen molar-refractivity contribution in [1.29, 1.82) is 0 Å². The van der Waals surface area contributed by atoms with Gasteiger partial charge < -0.3 is 5.32 Å². The first-order valence-corrected chi connectivity index (χ1v) is 7.95. The predicted molar refractivity (Wildman–Crippen MR) is 84.8 cm³/mol. The highest BCUT2D eigenvalue weighted by Crippen LogP contribution is 2.30. The van der Waals surface area contributed by atoms with Gasteiger partial charge in [0, 0.05) is 10.6 Å². The van der Waals surface area contributed by atoms with E-state index in [9.17, 15) is 4.79 Å². The summed E-state index contributed by atoms with van der Waals surface area (Å²) in [5, 5.41) is 3.02. The van der Waals surface area contributed by atoms with Gasteiger partial charge in [0.1, 0.15) is 0 Å². The molecule has 0 unspecified atom stereocenters. The van der Waals surface area contributed by atoms with Gasteiger partial charge in [-0.1, -0.05) is 6.07 Å². The quantitative estimate of drug-likeness (QED) is 0.865. The molecule has 0 atom stereocenters. The Balaban J connectivity index is 1.80. The molecular weight excluding hydrogens is 266 g/mol. The van der Waals surface area contributed by atoms with Crippen molar-refractivity contribution in [2.45, 2.75) is 39.5 Å². The molecule has 0 fully saturated rings. The Morgan fingerprint density at radius 1 is 1.05 bits per heavy atom. The van der Waals surface area contributed by atoms with Gasteiger partial charge in [0.25, 0.3) is 5.91 Å². The summed E-state index contributed by atoms with van der Waals surface area (Å²) in [5.74, 6) is 0.0226. The van der Waals surface area contributed by atoms with Crippen LogP contribution in [0.4, 0.5) is 5.69 Å².